The zero-order valence-corrected chi connectivity index (χ0v) is 7.66. The van der Waals surface area contributed by atoms with Crippen molar-refractivity contribution in [1.29, 1.82) is 0 Å². The van der Waals surface area contributed by atoms with Crippen LogP contribution in [0.1, 0.15) is 12.8 Å². The molecule has 1 fully saturated rings. The van der Waals surface area contributed by atoms with E-state index in [1.54, 1.807) is 0 Å². The molecule has 0 saturated carbocycles. The highest BCUT2D eigenvalue weighted by Gasteiger charge is 2.22. The van der Waals surface area contributed by atoms with Crippen LogP contribution in [0.2, 0.25) is 0 Å². The van der Waals surface area contributed by atoms with Crippen LogP contribution in [0.5, 0.6) is 0 Å². The van der Waals surface area contributed by atoms with E-state index in [0.29, 0.717) is 0 Å². The molecule has 2 rings (SSSR count). The van der Waals surface area contributed by atoms with Crippen LogP contribution in [0.4, 0.5) is 0 Å². The lowest BCUT2D eigenvalue weighted by atomic mass is 9.97. The van der Waals surface area contributed by atoms with Crippen molar-refractivity contribution in [2.75, 3.05) is 26.7 Å². The van der Waals surface area contributed by atoms with Crippen LogP contribution in [-0.2, 0) is 0 Å². The molecule has 0 N–H and O–H groups in total. The summed E-state index contributed by atoms with van der Waals surface area (Å²) in [6.45, 7) is 3.46. The van der Waals surface area contributed by atoms with E-state index in [1.807, 2.05) is 0 Å². The number of hydrogen-bond donors (Lipinski definition) is 0. The third-order valence-corrected chi connectivity index (χ3v) is 2.74. The standard InChI is InChI=1S/C10H16N2/c1-12-6-4-10(8-12)9-3-2-5-11-7-9/h3,7,10H,2,4-6,8H2,1H3. The molecule has 0 bridgehead atoms. The minimum absolute atomic E-state index is 0.763. The van der Waals surface area contributed by atoms with E-state index < -0.39 is 0 Å². The lowest BCUT2D eigenvalue weighted by molar-refractivity contribution is 0.406. The molecule has 0 aromatic rings. The van der Waals surface area contributed by atoms with Gasteiger partial charge in [0.15, 0.2) is 0 Å². The van der Waals surface area contributed by atoms with Gasteiger partial charge in [0, 0.05) is 19.3 Å². The van der Waals surface area contributed by atoms with Gasteiger partial charge in [-0.2, -0.15) is 0 Å². The number of dihydropyridines is 1. The number of likely N-dealkylation sites (tertiary alicyclic amines) is 1. The lowest BCUT2D eigenvalue weighted by Crippen LogP contribution is -2.16. The van der Waals surface area contributed by atoms with Crippen LogP contribution in [0.15, 0.2) is 16.6 Å². The van der Waals surface area contributed by atoms with Crippen molar-refractivity contribution < 1.29 is 0 Å². The fraction of sp³-hybridized carbons (Fsp3) is 0.700. The Balaban J connectivity index is 2.00. The van der Waals surface area contributed by atoms with E-state index in [4.69, 9.17) is 0 Å². The molecule has 66 valence electrons. The van der Waals surface area contributed by atoms with Crippen molar-refractivity contribution in [2.45, 2.75) is 12.8 Å². The van der Waals surface area contributed by atoms with Crippen molar-refractivity contribution in [3.63, 3.8) is 0 Å². The van der Waals surface area contributed by atoms with Crippen LogP contribution in [0.3, 0.4) is 0 Å². The highest BCUT2D eigenvalue weighted by molar-refractivity contribution is 5.80. The zero-order chi connectivity index (χ0) is 8.39. The summed E-state index contributed by atoms with van der Waals surface area (Å²) >= 11 is 0. The average molecular weight is 164 g/mol. The van der Waals surface area contributed by atoms with Crippen LogP contribution in [0, 0.1) is 5.92 Å². The first kappa shape index (κ1) is 7.99. The summed E-state index contributed by atoms with van der Waals surface area (Å²) in [7, 11) is 2.19. The van der Waals surface area contributed by atoms with Crippen LogP contribution in [0.25, 0.3) is 0 Å². The largest absolute Gasteiger partial charge is 0.306 e. The monoisotopic (exact) mass is 164 g/mol. The molecule has 0 spiro atoms. The van der Waals surface area contributed by atoms with E-state index in [1.165, 1.54) is 25.1 Å². The number of hydrogen-bond acceptors (Lipinski definition) is 2. The van der Waals surface area contributed by atoms with Crippen molar-refractivity contribution in [2.24, 2.45) is 10.9 Å². The first-order valence-corrected chi connectivity index (χ1v) is 4.74. The van der Waals surface area contributed by atoms with Crippen molar-refractivity contribution in [3.05, 3.63) is 11.6 Å². The van der Waals surface area contributed by atoms with Crippen molar-refractivity contribution >= 4 is 6.21 Å². The van der Waals surface area contributed by atoms with Crippen LogP contribution >= 0.6 is 0 Å². The first-order chi connectivity index (χ1) is 5.86. The topological polar surface area (TPSA) is 15.6 Å². The maximum Gasteiger partial charge on any atom is 0.0424 e. The Morgan fingerprint density at radius 3 is 3.08 bits per heavy atom. The second kappa shape index (κ2) is 3.40. The van der Waals surface area contributed by atoms with E-state index in [-0.39, 0.29) is 0 Å². The van der Waals surface area contributed by atoms with E-state index in [9.17, 15) is 0 Å². The molecule has 0 aromatic carbocycles. The van der Waals surface area contributed by atoms with Gasteiger partial charge in [0.1, 0.15) is 0 Å². The van der Waals surface area contributed by atoms with E-state index >= 15 is 0 Å². The summed E-state index contributed by atoms with van der Waals surface area (Å²) in [4.78, 5) is 6.71. The molecule has 2 nitrogen and oxygen atoms in total. The van der Waals surface area contributed by atoms with Gasteiger partial charge in [-0.25, -0.2) is 0 Å². The Kier molecular flexibility index (Phi) is 2.26. The van der Waals surface area contributed by atoms with Gasteiger partial charge in [0.2, 0.25) is 0 Å². The lowest BCUT2D eigenvalue weighted by Gasteiger charge is -2.13. The molecule has 0 radical (unpaired) electrons. The Morgan fingerprint density at radius 1 is 1.58 bits per heavy atom. The Morgan fingerprint density at radius 2 is 2.50 bits per heavy atom. The summed E-state index contributed by atoms with van der Waals surface area (Å²) in [5.74, 6) is 0.763. The third kappa shape index (κ3) is 1.58. The van der Waals surface area contributed by atoms with E-state index in [2.05, 4.69) is 29.2 Å². The summed E-state index contributed by atoms with van der Waals surface area (Å²) in [6.07, 6.45) is 6.89. The van der Waals surface area contributed by atoms with Gasteiger partial charge in [-0.05, 0) is 37.9 Å². The fourth-order valence-corrected chi connectivity index (χ4v) is 2.01. The molecule has 2 heteroatoms. The van der Waals surface area contributed by atoms with Gasteiger partial charge >= 0.3 is 0 Å². The highest BCUT2D eigenvalue weighted by Crippen LogP contribution is 2.23. The normalized spacial score (nSPS) is 30.8. The molecule has 1 saturated heterocycles. The minimum Gasteiger partial charge on any atom is -0.306 e. The molecule has 0 aliphatic carbocycles. The predicted molar refractivity (Wildman–Crippen MR) is 51.7 cm³/mol. The van der Waals surface area contributed by atoms with Gasteiger partial charge in [0.05, 0.1) is 0 Å². The molecule has 2 aliphatic heterocycles. The maximum absolute atomic E-state index is 4.32. The molecule has 0 aromatic heterocycles. The second-order valence-corrected chi connectivity index (χ2v) is 3.78. The number of rotatable bonds is 1. The van der Waals surface area contributed by atoms with Crippen LogP contribution in [-0.4, -0.2) is 37.8 Å². The second-order valence-electron chi connectivity index (χ2n) is 3.78. The average Bonchev–Trinajstić information content (AvgIpc) is 2.54. The van der Waals surface area contributed by atoms with Gasteiger partial charge in [-0.15, -0.1) is 0 Å². The molecular formula is C10H16N2. The number of nitrogens with zero attached hydrogens (tertiary/aromatic N) is 2. The smallest absolute Gasteiger partial charge is 0.0424 e. The van der Waals surface area contributed by atoms with Crippen LogP contribution < -0.4 is 0 Å². The van der Waals surface area contributed by atoms with Gasteiger partial charge in [0.25, 0.3) is 0 Å². The fourth-order valence-electron chi connectivity index (χ4n) is 2.01. The molecule has 0 amide bonds. The Hall–Kier alpha value is -0.630. The third-order valence-electron chi connectivity index (χ3n) is 2.74. The van der Waals surface area contributed by atoms with Crippen molar-refractivity contribution in [3.8, 4) is 0 Å². The van der Waals surface area contributed by atoms with Gasteiger partial charge < -0.3 is 4.90 Å². The Bertz CT molecular complexity index is 218. The molecule has 2 heterocycles. The number of aliphatic imine (C=N–C) groups is 1. The molecular weight excluding hydrogens is 148 g/mol. The van der Waals surface area contributed by atoms with Gasteiger partial charge in [-0.1, -0.05) is 6.08 Å². The first-order valence-electron chi connectivity index (χ1n) is 4.74. The van der Waals surface area contributed by atoms with E-state index in [0.717, 1.165) is 18.9 Å². The zero-order valence-electron chi connectivity index (χ0n) is 7.66. The van der Waals surface area contributed by atoms with Crippen molar-refractivity contribution in [1.82, 2.24) is 4.90 Å². The summed E-state index contributed by atoms with van der Waals surface area (Å²) < 4.78 is 0. The predicted octanol–water partition coefficient (Wildman–Crippen LogP) is 1.34. The SMILES string of the molecule is CN1CCC(C2=CCCN=C2)C1. The Labute approximate surface area is 74.0 Å². The maximum atomic E-state index is 4.32. The molecule has 12 heavy (non-hydrogen) atoms. The molecule has 1 unspecified atom stereocenters. The summed E-state index contributed by atoms with van der Waals surface area (Å²) in [5, 5.41) is 0. The molecule has 2 aliphatic rings. The quantitative estimate of drug-likeness (QED) is 0.571. The summed E-state index contributed by atoms with van der Waals surface area (Å²) in [5.41, 5.74) is 1.48. The molecule has 1 atom stereocenters. The minimum atomic E-state index is 0.763. The van der Waals surface area contributed by atoms with Gasteiger partial charge in [-0.3, -0.25) is 4.99 Å². The highest BCUT2D eigenvalue weighted by atomic mass is 15.1. The summed E-state index contributed by atoms with van der Waals surface area (Å²) in [6, 6.07) is 0.